The maximum atomic E-state index is 14.3. The van der Waals surface area contributed by atoms with Crippen LogP contribution in [0.3, 0.4) is 0 Å². The molecule has 5 aromatic rings. The number of carbonyl (C=O) groups is 1. The van der Waals surface area contributed by atoms with Crippen molar-refractivity contribution in [3.63, 3.8) is 0 Å². The summed E-state index contributed by atoms with van der Waals surface area (Å²) in [5, 5.41) is 3.58. The molecule has 3 heterocycles. The second kappa shape index (κ2) is 16.2. The Bertz CT molecular complexity index is 1990. The van der Waals surface area contributed by atoms with E-state index in [4.69, 9.17) is 19.2 Å². The molecule has 53 heavy (non-hydrogen) atoms. The molecule has 13 heteroatoms. The number of nitrogens with one attached hydrogen (secondary N) is 2. The van der Waals surface area contributed by atoms with Gasteiger partial charge in [0, 0.05) is 56.0 Å². The number of piperidine rings is 1. The summed E-state index contributed by atoms with van der Waals surface area (Å²) in [7, 11) is 6.14. The van der Waals surface area contributed by atoms with Gasteiger partial charge in [0.15, 0.2) is 11.5 Å². The van der Waals surface area contributed by atoms with Crippen molar-refractivity contribution in [1.29, 1.82) is 0 Å². The monoisotopic (exact) mass is 730 g/mol. The van der Waals surface area contributed by atoms with Gasteiger partial charge in [-0.2, -0.15) is 13.2 Å². The zero-order valence-corrected chi connectivity index (χ0v) is 30.5. The number of H-pyrrole nitrogens is 1. The molecule has 0 bridgehead atoms. The minimum absolute atomic E-state index is 0.0801. The third-order valence-electron chi connectivity index (χ3n) is 10.0. The molecular weight excluding hydrogens is 685 g/mol. The Kier molecular flexibility index (Phi) is 11.4. The molecule has 0 spiro atoms. The molecule has 10 nitrogen and oxygen atoms in total. The van der Waals surface area contributed by atoms with Gasteiger partial charge < -0.3 is 29.4 Å². The third kappa shape index (κ3) is 8.20. The average Bonchev–Trinajstić information content (AvgIpc) is 3.59. The molecule has 0 radical (unpaired) electrons. The first-order valence-corrected chi connectivity index (χ1v) is 17.7. The fourth-order valence-corrected chi connectivity index (χ4v) is 7.36. The zero-order valence-electron chi connectivity index (χ0n) is 30.5. The number of para-hydroxylation sites is 1. The number of carbonyl (C=O) groups excluding carboxylic acids is 1. The number of pyridine rings is 1. The number of methoxy groups -OCH3 is 3. The number of halogens is 3. The highest BCUT2D eigenvalue weighted by atomic mass is 19.4. The quantitative estimate of drug-likeness (QED) is 0.127. The van der Waals surface area contributed by atoms with Crippen molar-refractivity contribution in [3.05, 3.63) is 107 Å². The minimum Gasteiger partial charge on any atom is -0.493 e. The number of anilines is 1. The molecule has 2 atom stereocenters. The molecule has 3 aromatic carbocycles. The van der Waals surface area contributed by atoms with Gasteiger partial charge in [0.2, 0.25) is 11.7 Å². The van der Waals surface area contributed by atoms with E-state index in [1.54, 1.807) is 36.3 Å². The molecule has 0 aliphatic carbocycles. The van der Waals surface area contributed by atoms with Gasteiger partial charge in [-0.05, 0) is 66.8 Å². The number of alkyl halides is 3. The van der Waals surface area contributed by atoms with Gasteiger partial charge in [-0.3, -0.25) is 14.7 Å². The lowest BCUT2D eigenvalue weighted by Crippen LogP contribution is -2.55. The van der Waals surface area contributed by atoms with E-state index >= 15 is 0 Å². The standard InChI is InChI=1S/C40H45F3N6O4/c1-6-31(25-11-9-13-28(21-25)40(41,42)43)37(48(2)38(50)27-23-33(51-3)36(53-5)34(24-27)52-4)49-19-16-29(17-20-49)45-39-46-32-15-10-12-26(35(32)47-39)22-30-14-7-8-18-44-30/h7-15,18,21,23-24,29,31,37H,6,16-17,19-20,22H2,1-5H3,(H2,45,46,47). The predicted molar refractivity (Wildman–Crippen MR) is 198 cm³/mol. The molecular formula is C40H45F3N6O4. The maximum Gasteiger partial charge on any atom is 0.416 e. The van der Waals surface area contributed by atoms with E-state index in [1.165, 1.54) is 33.5 Å². The van der Waals surface area contributed by atoms with Crippen molar-refractivity contribution in [2.45, 2.75) is 56.9 Å². The molecule has 1 amide bonds. The lowest BCUT2D eigenvalue weighted by molar-refractivity contribution is -0.137. The normalized spacial score (nSPS) is 15.2. The summed E-state index contributed by atoms with van der Waals surface area (Å²) in [6, 6.07) is 20.6. The van der Waals surface area contributed by atoms with Gasteiger partial charge in [-0.1, -0.05) is 43.3 Å². The fourth-order valence-electron chi connectivity index (χ4n) is 7.36. The van der Waals surface area contributed by atoms with Crippen molar-refractivity contribution < 1.29 is 32.2 Å². The van der Waals surface area contributed by atoms with Crippen molar-refractivity contribution in [2.24, 2.45) is 0 Å². The van der Waals surface area contributed by atoms with Crippen LogP contribution >= 0.6 is 0 Å². The molecule has 1 saturated heterocycles. The minimum atomic E-state index is -4.50. The lowest BCUT2D eigenvalue weighted by atomic mass is 9.89. The molecule has 2 aromatic heterocycles. The van der Waals surface area contributed by atoms with Crippen LogP contribution < -0.4 is 19.5 Å². The van der Waals surface area contributed by atoms with E-state index in [0.717, 1.165) is 41.2 Å². The number of amides is 1. The summed E-state index contributed by atoms with van der Waals surface area (Å²) < 4.78 is 58.1. The Morgan fingerprint density at radius 2 is 1.70 bits per heavy atom. The number of rotatable bonds is 13. The number of benzene rings is 3. The van der Waals surface area contributed by atoms with Crippen LogP contribution in [0, 0.1) is 0 Å². The van der Waals surface area contributed by atoms with Crippen LogP contribution in [0.25, 0.3) is 11.0 Å². The van der Waals surface area contributed by atoms with E-state index in [-0.39, 0.29) is 11.9 Å². The van der Waals surface area contributed by atoms with Crippen LogP contribution in [0.1, 0.15) is 64.8 Å². The zero-order chi connectivity index (χ0) is 37.7. The van der Waals surface area contributed by atoms with Crippen molar-refractivity contribution in [2.75, 3.05) is 46.8 Å². The molecule has 1 aliphatic rings. The Morgan fingerprint density at radius 1 is 0.981 bits per heavy atom. The van der Waals surface area contributed by atoms with Gasteiger partial charge in [0.25, 0.3) is 5.91 Å². The third-order valence-corrected chi connectivity index (χ3v) is 10.0. The summed E-state index contributed by atoms with van der Waals surface area (Å²) in [6.45, 7) is 3.12. The van der Waals surface area contributed by atoms with Gasteiger partial charge in [0.1, 0.15) is 0 Å². The van der Waals surface area contributed by atoms with Crippen LogP contribution in [0.4, 0.5) is 19.1 Å². The Balaban J connectivity index is 1.26. The number of aromatic nitrogens is 3. The number of likely N-dealkylation sites (tertiary alicyclic amines) is 1. The Labute approximate surface area is 307 Å². The van der Waals surface area contributed by atoms with Gasteiger partial charge in [0.05, 0.1) is 44.1 Å². The van der Waals surface area contributed by atoms with Crippen molar-refractivity contribution >= 4 is 22.9 Å². The first-order chi connectivity index (χ1) is 25.5. The molecule has 1 fully saturated rings. The summed E-state index contributed by atoms with van der Waals surface area (Å²) in [6.07, 6.45) is -0.670. The molecule has 2 N–H and O–H groups in total. The fraction of sp³-hybridized carbons (Fsp3) is 0.375. The summed E-state index contributed by atoms with van der Waals surface area (Å²) in [4.78, 5) is 30.9. The first-order valence-electron chi connectivity index (χ1n) is 17.7. The maximum absolute atomic E-state index is 14.3. The molecule has 280 valence electrons. The topological polar surface area (TPSA) is 105 Å². The lowest BCUT2D eigenvalue weighted by Gasteiger charge is -2.45. The number of hydrogen-bond donors (Lipinski definition) is 2. The Morgan fingerprint density at radius 3 is 2.32 bits per heavy atom. The van der Waals surface area contributed by atoms with Crippen molar-refractivity contribution in [3.8, 4) is 17.2 Å². The smallest absolute Gasteiger partial charge is 0.416 e. The number of nitrogens with zero attached hydrogens (tertiary/aromatic N) is 4. The highest BCUT2D eigenvalue weighted by molar-refractivity contribution is 5.95. The van der Waals surface area contributed by atoms with E-state index in [9.17, 15) is 18.0 Å². The van der Waals surface area contributed by atoms with E-state index < -0.39 is 23.8 Å². The van der Waals surface area contributed by atoms with Crippen LogP contribution in [0.2, 0.25) is 0 Å². The summed E-state index contributed by atoms with van der Waals surface area (Å²) in [5.41, 5.74) is 3.94. The van der Waals surface area contributed by atoms with E-state index in [0.29, 0.717) is 60.3 Å². The Hall–Kier alpha value is -5.30. The number of likely N-dealkylation sites (N-methyl/N-ethyl adjacent to an activating group) is 1. The van der Waals surface area contributed by atoms with E-state index in [1.807, 2.05) is 37.3 Å². The van der Waals surface area contributed by atoms with Gasteiger partial charge in [-0.15, -0.1) is 0 Å². The summed E-state index contributed by atoms with van der Waals surface area (Å²) in [5.74, 6) is 0.922. The van der Waals surface area contributed by atoms with Gasteiger partial charge >= 0.3 is 6.18 Å². The highest BCUT2D eigenvalue weighted by Crippen LogP contribution is 2.40. The SMILES string of the molecule is CCC(c1cccc(C(F)(F)F)c1)C(N1CCC(Nc2nc3c(Cc4ccccn4)cccc3[nH]2)CC1)N(C)C(=O)c1cc(OC)c(OC)c(OC)c1. The highest BCUT2D eigenvalue weighted by Gasteiger charge is 2.38. The first kappa shape index (κ1) is 37.5. The van der Waals surface area contributed by atoms with Gasteiger partial charge in [-0.25, -0.2) is 4.98 Å². The predicted octanol–water partition coefficient (Wildman–Crippen LogP) is 7.76. The number of fused-ring (bicyclic) bond motifs is 1. The number of ether oxygens (including phenoxy) is 3. The van der Waals surface area contributed by atoms with E-state index in [2.05, 4.69) is 26.3 Å². The van der Waals surface area contributed by atoms with Crippen LogP contribution in [-0.2, 0) is 12.6 Å². The summed E-state index contributed by atoms with van der Waals surface area (Å²) >= 11 is 0. The second-order valence-electron chi connectivity index (χ2n) is 13.2. The average molecular weight is 731 g/mol. The number of aromatic amines is 1. The van der Waals surface area contributed by atoms with Crippen LogP contribution in [0.15, 0.2) is 79.0 Å². The number of imidazole rings is 1. The van der Waals surface area contributed by atoms with Crippen LogP contribution in [-0.4, -0.2) is 84.3 Å². The van der Waals surface area contributed by atoms with Crippen molar-refractivity contribution in [1.82, 2.24) is 24.8 Å². The largest absolute Gasteiger partial charge is 0.493 e. The molecule has 0 saturated carbocycles. The molecule has 1 aliphatic heterocycles. The second-order valence-corrected chi connectivity index (χ2v) is 13.2. The number of hydrogen-bond acceptors (Lipinski definition) is 8. The molecule has 2 unspecified atom stereocenters. The molecule has 6 rings (SSSR count). The van der Waals surface area contributed by atoms with Crippen LogP contribution in [0.5, 0.6) is 17.2 Å².